The number of benzene rings is 7. The summed E-state index contributed by atoms with van der Waals surface area (Å²) >= 11 is 0. The zero-order valence-electron chi connectivity index (χ0n) is 29.9. The summed E-state index contributed by atoms with van der Waals surface area (Å²) in [7, 11) is 0. The molecule has 3 N–H and O–H groups in total. The number of rotatable bonds is 7. The van der Waals surface area contributed by atoms with Crippen molar-refractivity contribution in [3.8, 4) is 61.4 Å². The van der Waals surface area contributed by atoms with Crippen molar-refractivity contribution in [1.29, 1.82) is 0 Å². The molecule has 0 fully saturated rings. The normalized spacial score (nSPS) is 15.3. The third kappa shape index (κ3) is 6.32. The molecule has 3 heteroatoms. The summed E-state index contributed by atoms with van der Waals surface area (Å²) in [5, 5.41) is 16.9. The van der Waals surface area contributed by atoms with Crippen LogP contribution in [0.3, 0.4) is 0 Å². The molecule has 1 aromatic heterocycles. The van der Waals surface area contributed by atoms with Gasteiger partial charge in [0.2, 0.25) is 0 Å². The van der Waals surface area contributed by atoms with Crippen LogP contribution >= 0.6 is 0 Å². The molecule has 0 spiro atoms. The van der Waals surface area contributed by atoms with Crippen LogP contribution in [-0.2, 0) is 0 Å². The molecule has 1 aliphatic rings. The van der Waals surface area contributed by atoms with Gasteiger partial charge in [-0.15, -0.1) is 0 Å². The predicted octanol–water partition coefficient (Wildman–Crippen LogP) is 13.4. The molecule has 9 rings (SSSR count). The number of aryl methyl sites for hydroxylation is 1. The van der Waals surface area contributed by atoms with Gasteiger partial charge < -0.3 is 15.4 Å². The maximum absolute atomic E-state index is 10.5. The Hall–Kier alpha value is -6.58. The first-order valence-corrected chi connectivity index (χ1v) is 18.3. The van der Waals surface area contributed by atoms with Crippen molar-refractivity contribution in [2.45, 2.75) is 25.8 Å². The van der Waals surface area contributed by atoms with Crippen LogP contribution in [0.1, 0.15) is 18.9 Å². The van der Waals surface area contributed by atoms with Crippen molar-refractivity contribution in [3.63, 3.8) is 0 Å². The Morgan fingerprint density at radius 1 is 0.528 bits per heavy atom. The Morgan fingerprint density at radius 3 is 2.00 bits per heavy atom. The van der Waals surface area contributed by atoms with E-state index in [1.165, 1.54) is 38.6 Å². The highest BCUT2D eigenvalue weighted by Crippen LogP contribution is 2.39. The summed E-state index contributed by atoms with van der Waals surface area (Å²) in [6.07, 6.45) is 9.64. The highest BCUT2D eigenvalue weighted by atomic mass is 16.3. The van der Waals surface area contributed by atoms with Gasteiger partial charge in [0.05, 0.1) is 5.54 Å². The van der Waals surface area contributed by atoms with Crippen LogP contribution in [0.2, 0.25) is 0 Å². The Labute approximate surface area is 310 Å². The zero-order chi connectivity index (χ0) is 35.9. The number of phenols is 1. The van der Waals surface area contributed by atoms with E-state index in [0.29, 0.717) is 0 Å². The minimum absolute atomic E-state index is 0.189. The third-order valence-corrected chi connectivity index (χ3v) is 10.5. The van der Waals surface area contributed by atoms with Gasteiger partial charge in [-0.05, 0) is 119 Å². The molecule has 0 amide bonds. The molecule has 0 aliphatic heterocycles. The lowest BCUT2D eigenvalue weighted by Gasteiger charge is -2.30. The molecule has 0 radical (unpaired) electrons. The molecular weight excluding hydrogens is 645 g/mol. The molecule has 1 heterocycles. The number of allylic oxidation sites excluding steroid dienone is 2. The molecule has 1 atom stereocenters. The Bertz CT molecular complexity index is 2710. The molecule has 7 aromatic carbocycles. The average Bonchev–Trinajstić information content (AvgIpc) is 3.56. The summed E-state index contributed by atoms with van der Waals surface area (Å²) in [4.78, 5) is 3.56. The van der Waals surface area contributed by atoms with Crippen LogP contribution in [0, 0.1) is 6.92 Å². The smallest absolute Gasteiger partial charge is 0.123 e. The predicted molar refractivity (Wildman–Crippen MR) is 224 cm³/mol. The number of nitrogens with one attached hydrogen (secondary N) is 2. The number of para-hydroxylation sites is 2. The number of aromatic amines is 1. The number of H-pyrrole nitrogens is 1. The van der Waals surface area contributed by atoms with Crippen LogP contribution in [0.25, 0.3) is 77.4 Å². The Balaban J connectivity index is 1.10. The van der Waals surface area contributed by atoms with E-state index in [9.17, 15) is 5.11 Å². The number of hydrogen-bond acceptors (Lipinski definition) is 2. The summed E-state index contributed by atoms with van der Waals surface area (Å²) in [5.74, 6) is 0.285. The van der Waals surface area contributed by atoms with E-state index in [4.69, 9.17) is 0 Å². The Kier molecular flexibility index (Phi) is 8.05. The van der Waals surface area contributed by atoms with E-state index in [2.05, 4.69) is 170 Å². The molecule has 3 nitrogen and oxygen atoms in total. The highest BCUT2D eigenvalue weighted by Gasteiger charge is 2.22. The van der Waals surface area contributed by atoms with Crippen LogP contribution in [0.4, 0.5) is 5.69 Å². The quantitative estimate of drug-likeness (QED) is 0.156. The minimum Gasteiger partial charge on any atom is -0.507 e. The van der Waals surface area contributed by atoms with E-state index in [1.54, 1.807) is 6.07 Å². The molecule has 0 saturated heterocycles. The van der Waals surface area contributed by atoms with Gasteiger partial charge in [-0.3, -0.25) is 0 Å². The van der Waals surface area contributed by atoms with Gasteiger partial charge >= 0.3 is 0 Å². The largest absolute Gasteiger partial charge is 0.507 e. The zero-order valence-corrected chi connectivity index (χ0v) is 29.9. The second-order valence-corrected chi connectivity index (χ2v) is 14.5. The van der Waals surface area contributed by atoms with E-state index in [1.807, 2.05) is 24.3 Å². The second kappa shape index (κ2) is 13.2. The van der Waals surface area contributed by atoms with Gasteiger partial charge in [-0.1, -0.05) is 127 Å². The number of hydrogen-bond donors (Lipinski definition) is 3. The van der Waals surface area contributed by atoms with Gasteiger partial charge in [-0.25, -0.2) is 0 Å². The van der Waals surface area contributed by atoms with Gasteiger partial charge in [0.1, 0.15) is 5.75 Å². The summed E-state index contributed by atoms with van der Waals surface area (Å²) in [6.45, 7) is 4.44. The van der Waals surface area contributed by atoms with Crippen molar-refractivity contribution in [2.75, 3.05) is 5.32 Å². The lowest BCUT2D eigenvalue weighted by atomic mass is 9.90. The minimum atomic E-state index is -0.189. The molecule has 53 heavy (non-hydrogen) atoms. The van der Waals surface area contributed by atoms with Crippen molar-refractivity contribution in [2.24, 2.45) is 0 Å². The molecule has 256 valence electrons. The molecule has 1 unspecified atom stereocenters. The fourth-order valence-electron chi connectivity index (χ4n) is 7.77. The van der Waals surface area contributed by atoms with E-state index >= 15 is 0 Å². The van der Waals surface area contributed by atoms with Gasteiger partial charge in [0.15, 0.2) is 0 Å². The second-order valence-electron chi connectivity index (χ2n) is 14.5. The highest BCUT2D eigenvalue weighted by molar-refractivity contribution is 6.08. The van der Waals surface area contributed by atoms with Crippen LogP contribution < -0.4 is 5.32 Å². The SMILES string of the molecule is Cc1cc(-c2ccc(NC3(C)C=CC=CC3)c(-c3ccc(-c4cccc(-c5ccccc5O)c4)cc3)c2)cc(-c2ccc3[nH]c4ccccc4c3c2)c1. The van der Waals surface area contributed by atoms with E-state index in [-0.39, 0.29) is 11.3 Å². The third-order valence-electron chi connectivity index (χ3n) is 10.5. The molecule has 0 bridgehead atoms. The lowest BCUT2D eigenvalue weighted by molar-refractivity contribution is 0.477. The summed E-state index contributed by atoms with van der Waals surface area (Å²) in [5.41, 5.74) is 15.6. The number of aromatic nitrogens is 1. The van der Waals surface area contributed by atoms with E-state index < -0.39 is 0 Å². The van der Waals surface area contributed by atoms with Gasteiger partial charge in [0.25, 0.3) is 0 Å². The molecule has 8 aromatic rings. The van der Waals surface area contributed by atoms with Gasteiger partial charge in [0, 0.05) is 38.6 Å². The fourth-order valence-corrected chi connectivity index (χ4v) is 7.77. The maximum atomic E-state index is 10.5. The monoisotopic (exact) mass is 684 g/mol. The Morgan fingerprint density at radius 2 is 1.19 bits per heavy atom. The summed E-state index contributed by atoms with van der Waals surface area (Å²) < 4.78 is 0. The number of phenolic OH excluding ortho intramolecular Hbond substituents is 1. The first kappa shape index (κ1) is 32.3. The summed E-state index contributed by atoms with van der Waals surface area (Å²) in [6, 6.07) is 53.7. The van der Waals surface area contributed by atoms with Crippen LogP contribution in [0.15, 0.2) is 176 Å². The first-order valence-electron chi connectivity index (χ1n) is 18.3. The molecule has 0 saturated carbocycles. The van der Waals surface area contributed by atoms with Crippen molar-refractivity contribution in [3.05, 3.63) is 182 Å². The van der Waals surface area contributed by atoms with Crippen LogP contribution in [-0.4, -0.2) is 15.6 Å². The number of fused-ring (bicyclic) bond motifs is 3. The average molecular weight is 685 g/mol. The van der Waals surface area contributed by atoms with E-state index in [0.717, 1.165) is 56.5 Å². The van der Waals surface area contributed by atoms with Gasteiger partial charge in [-0.2, -0.15) is 0 Å². The maximum Gasteiger partial charge on any atom is 0.123 e. The lowest BCUT2D eigenvalue weighted by Crippen LogP contribution is -2.32. The number of aromatic hydroxyl groups is 1. The molecular formula is C50H40N2O. The van der Waals surface area contributed by atoms with Crippen molar-refractivity contribution >= 4 is 27.5 Å². The van der Waals surface area contributed by atoms with Crippen molar-refractivity contribution < 1.29 is 5.11 Å². The standard InChI is InChI=1S/C50H40N2O/c1-33-27-40(30-41(28-33)38-21-23-47-45(32-38)43-14-4-6-15-46(43)51-47)37-22-24-48(52-50(2)25-8-3-9-26-50)44(31-37)35-19-17-34(18-20-35)36-11-10-12-39(29-36)42-13-5-7-16-49(42)53/h3-25,27-32,51-53H,26H2,1-2H3. The topological polar surface area (TPSA) is 48.0 Å². The molecule has 1 aliphatic carbocycles. The first-order chi connectivity index (χ1) is 25.9. The fraction of sp³-hybridized carbons (Fsp3) is 0.0800. The van der Waals surface area contributed by atoms with Crippen molar-refractivity contribution in [1.82, 2.24) is 4.98 Å². The van der Waals surface area contributed by atoms with Crippen LogP contribution in [0.5, 0.6) is 5.75 Å². The number of anilines is 1.